The molecule has 1 aromatic rings. The first-order chi connectivity index (χ1) is 6.86. The van der Waals surface area contributed by atoms with E-state index in [1.807, 2.05) is 31.2 Å². The standard InChI is InChI=1S/C11H16O3/c1-3-13-9-14-11-6-4-10(5-7-11)8-12-2/h4-7H,3,8-9H2,1-2H3. The number of rotatable bonds is 6. The van der Waals surface area contributed by atoms with Crippen molar-refractivity contribution in [2.24, 2.45) is 0 Å². The van der Waals surface area contributed by atoms with E-state index in [0.29, 0.717) is 20.0 Å². The van der Waals surface area contributed by atoms with E-state index in [1.54, 1.807) is 7.11 Å². The highest BCUT2D eigenvalue weighted by atomic mass is 16.7. The Morgan fingerprint density at radius 1 is 1.14 bits per heavy atom. The second-order valence-electron chi connectivity index (χ2n) is 2.83. The third kappa shape index (κ3) is 3.77. The highest BCUT2D eigenvalue weighted by Crippen LogP contribution is 2.12. The van der Waals surface area contributed by atoms with Crippen molar-refractivity contribution in [1.29, 1.82) is 0 Å². The van der Waals surface area contributed by atoms with Gasteiger partial charge in [0.05, 0.1) is 6.61 Å². The summed E-state index contributed by atoms with van der Waals surface area (Å²) < 4.78 is 15.4. The third-order valence-electron chi connectivity index (χ3n) is 1.75. The SMILES string of the molecule is CCOCOc1ccc(COC)cc1. The molecule has 0 heterocycles. The van der Waals surface area contributed by atoms with E-state index in [1.165, 1.54) is 0 Å². The number of ether oxygens (including phenoxy) is 3. The van der Waals surface area contributed by atoms with Gasteiger partial charge in [0.15, 0.2) is 6.79 Å². The average molecular weight is 196 g/mol. The summed E-state index contributed by atoms with van der Waals surface area (Å²) in [7, 11) is 1.68. The first-order valence-corrected chi connectivity index (χ1v) is 4.65. The van der Waals surface area contributed by atoms with Gasteiger partial charge in [-0.25, -0.2) is 0 Å². The first kappa shape index (κ1) is 11.0. The van der Waals surface area contributed by atoms with Crippen LogP contribution in [-0.4, -0.2) is 20.5 Å². The van der Waals surface area contributed by atoms with Crippen LogP contribution in [0, 0.1) is 0 Å². The highest BCUT2D eigenvalue weighted by Gasteiger charge is 1.94. The van der Waals surface area contributed by atoms with Crippen LogP contribution in [-0.2, 0) is 16.1 Å². The molecular formula is C11H16O3. The molecular weight excluding hydrogens is 180 g/mol. The quantitative estimate of drug-likeness (QED) is 0.515. The van der Waals surface area contributed by atoms with Crippen LogP contribution in [0.15, 0.2) is 24.3 Å². The highest BCUT2D eigenvalue weighted by molar-refractivity contribution is 5.26. The molecule has 78 valence electrons. The van der Waals surface area contributed by atoms with E-state index in [-0.39, 0.29) is 0 Å². The summed E-state index contributed by atoms with van der Waals surface area (Å²) in [6, 6.07) is 7.77. The zero-order valence-corrected chi connectivity index (χ0v) is 8.66. The van der Waals surface area contributed by atoms with Crippen LogP contribution in [0.5, 0.6) is 5.75 Å². The summed E-state index contributed by atoms with van der Waals surface area (Å²) in [5.74, 6) is 0.818. The van der Waals surface area contributed by atoms with Crippen molar-refractivity contribution in [3.63, 3.8) is 0 Å². The molecule has 0 saturated carbocycles. The van der Waals surface area contributed by atoms with Crippen LogP contribution in [0.3, 0.4) is 0 Å². The fourth-order valence-electron chi connectivity index (χ4n) is 1.04. The second-order valence-corrected chi connectivity index (χ2v) is 2.83. The molecule has 0 saturated heterocycles. The maximum absolute atomic E-state index is 5.32. The molecule has 0 bridgehead atoms. The van der Waals surface area contributed by atoms with Crippen LogP contribution >= 0.6 is 0 Å². The third-order valence-corrected chi connectivity index (χ3v) is 1.75. The smallest absolute Gasteiger partial charge is 0.189 e. The van der Waals surface area contributed by atoms with E-state index >= 15 is 0 Å². The molecule has 0 aliphatic rings. The molecule has 1 aromatic carbocycles. The maximum atomic E-state index is 5.32. The lowest BCUT2D eigenvalue weighted by atomic mass is 10.2. The largest absolute Gasteiger partial charge is 0.468 e. The Morgan fingerprint density at radius 3 is 2.43 bits per heavy atom. The van der Waals surface area contributed by atoms with Crippen molar-refractivity contribution in [2.45, 2.75) is 13.5 Å². The molecule has 0 atom stereocenters. The van der Waals surface area contributed by atoms with Crippen molar-refractivity contribution < 1.29 is 14.2 Å². The van der Waals surface area contributed by atoms with Gasteiger partial charge in [-0.15, -0.1) is 0 Å². The van der Waals surface area contributed by atoms with Crippen molar-refractivity contribution in [3.05, 3.63) is 29.8 Å². The minimum absolute atomic E-state index is 0.306. The lowest BCUT2D eigenvalue weighted by Crippen LogP contribution is -2.01. The maximum Gasteiger partial charge on any atom is 0.189 e. The van der Waals surface area contributed by atoms with Crippen molar-refractivity contribution >= 4 is 0 Å². The number of methoxy groups -OCH3 is 1. The number of benzene rings is 1. The summed E-state index contributed by atoms with van der Waals surface area (Å²) >= 11 is 0. The summed E-state index contributed by atoms with van der Waals surface area (Å²) in [6.07, 6.45) is 0. The molecule has 3 nitrogen and oxygen atoms in total. The van der Waals surface area contributed by atoms with Gasteiger partial charge in [0.1, 0.15) is 5.75 Å². The Labute approximate surface area is 84.6 Å². The zero-order valence-electron chi connectivity index (χ0n) is 8.66. The van der Waals surface area contributed by atoms with Crippen LogP contribution < -0.4 is 4.74 Å². The van der Waals surface area contributed by atoms with E-state index in [9.17, 15) is 0 Å². The Balaban J connectivity index is 2.38. The molecule has 0 aromatic heterocycles. The minimum atomic E-state index is 0.306. The van der Waals surface area contributed by atoms with Crippen molar-refractivity contribution in [1.82, 2.24) is 0 Å². The van der Waals surface area contributed by atoms with Crippen molar-refractivity contribution in [2.75, 3.05) is 20.5 Å². The normalized spacial score (nSPS) is 10.1. The van der Waals surface area contributed by atoms with Crippen LogP contribution in [0.1, 0.15) is 12.5 Å². The summed E-state index contributed by atoms with van der Waals surface area (Å²) in [6.45, 7) is 3.54. The zero-order chi connectivity index (χ0) is 10.2. The summed E-state index contributed by atoms with van der Waals surface area (Å²) in [5.41, 5.74) is 1.14. The molecule has 3 heteroatoms. The topological polar surface area (TPSA) is 27.7 Å². The molecule has 0 fully saturated rings. The average Bonchev–Trinajstić information content (AvgIpc) is 2.21. The summed E-state index contributed by atoms with van der Waals surface area (Å²) in [4.78, 5) is 0. The van der Waals surface area contributed by atoms with E-state index in [2.05, 4.69) is 0 Å². The van der Waals surface area contributed by atoms with Gasteiger partial charge >= 0.3 is 0 Å². The molecule has 0 amide bonds. The number of hydrogen-bond donors (Lipinski definition) is 0. The van der Waals surface area contributed by atoms with Gasteiger partial charge < -0.3 is 14.2 Å². The van der Waals surface area contributed by atoms with Crippen LogP contribution in [0.4, 0.5) is 0 Å². The monoisotopic (exact) mass is 196 g/mol. The predicted molar refractivity (Wildman–Crippen MR) is 54.3 cm³/mol. The molecule has 0 aliphatic carbocycles. The van der Waals surface area contributed by atoms with Crippen molar-refractivity contribution in [3.8, 4) is 5.75 Å². The van der Waals surface area contributed by atoms with Gasteiger partial charge in [0, 0.05) is 13.7 Å². The fourth-order valence-corrected chi connectivity index (χ4v) is 1.04. The lowest BCUT2D eigenvalue weighted by Gasteiger charge is -2.06. The predicted octanol–water partition coefficient (Wildman–Crippen LogP) is 2.21. The Bertz CT molecular complexity index is 243. The summed E-state index contributed by atoms with van der Waals surface area (Å²) in [5, 5.41) is 0. The molecule has 1 rings (SSSR count). The second kappa shape index (κ2) is 6.40. The van der Waals surface area contributed by atoms with Gasteiger partial charge in [-0.3, -0.25) is 0 Å². The number of hydrogen-bond acceptors (Lipinski definition) is 3. The van der Waals surface area contributed by atoms with Gasteiger partial charge in [0.25, 0.3) is 0 Å². The van der Waals surface area contributed by atoms with Crippen LogP contribution in [0.25, 0.3) is 0 Å². The lowest BCUT2D eigenvalue weighted by molar-refractivity contribution is 0.0224. The molecule has 0 spiro atoms. The molecule has 0 unspecified atom stereocenters. The van der Waals surface area contributed by atoms with Gasteiger partial charge in [0.2, 0.25) is 0 Å². The first-order valence-electron chi connectivity index (χ1n) is 4.65. The Kier molecular flexibility index (Phi) is 5.04. The van der Waals surface area contributed by atoms with Crippen LogP contribution in [0.2, 0.25) is 0 Å². The molecule has 0 aliphatic heterocycles. The van der Waals surface area contributed by atoms with Gasteiger partial charge in [-0.1, -0.05) is 12.1 Å². The minimum Gasteiger partial charge on any atom is -0.468 e. The fraction of sp³-hybridized carbons (Fsp3) is 0.455. The van der Waals surface area contributed by atoms with E-state index < -0.39 is 0 Å². The molecule has 0 radical (unpaired) electrons. The molecule has 0 N–H and O–H groups in total. The van der Waals surface area contributed by atoms with Gasteiger partial charge in [-0.05, 0) is 24.6 Å². The van der Waals surface area contributed by atoms with E-state index in [0.717, 1.165) is 11.3 Å². The van der Waals surface area contributed by atoms with Gasteiger partial charge in [-0.2, -0.15) is 0 Å². The Morgan fingerprint density at radius 2 is 1.86 bits per heavy atom. The molecule has 14 heavy (non-hydrogen) atoms. The van der Waals surface area contributed by atoms with E-state index in [4.69, 9.17) is 14.2 Å². The Hall–Kier alpha value is -1.06.